The van der Waals surface area contributed by atoms with Crippen LogP contribution in [-0.4, -0.2) is 61.7 Å². The molecule has 2 nitrogen and oxygen atoms in total. The number of hydrogen-bond donors (Lipinski definition) is 0. The Balaban J connectivity index is 3.22. The van der Waals surface area contributed by atoms with E-state index in [2.05, 4.69) is 9.47 Å². The number of hydrogen-bond acceptors (Lipinski definition) is 2. The van der Waals surface area contributed by atoms with E-state index in [1.807, 2.05) is 0 Å². The van der Waals surface area contributed by atoms with Crippen LogP contribution in [0.2, 0.25) is 0 Å². The van der Waals surface area contributed by atoms with E-state index in [4.69, 9.17) is 0 Å². The van der Waals surface area contributed by atoms with Gasteiger partial charge in [-0.25, -0.2) is 22.0 Å². The molecule has 15 heteroatoms. The summed E-state index contributed by atoms with van der Waals surface area (Å²) in [4.78, 5) is 0. The van der Waals surface area contributed by atoms with Gasteiger partial charge in [0, 0.05) is 0 Å². The maximum absolute atomic E-state index is 13.7. The third-order valence-electron chi connectivity index (χ3n) is 3.34. The van der Waals surface area contributed by atoms with Crippen molar-refractivity contribution in [2.24, 2.45) is 0 Å². The van der Waals surface area contributed by atoms with Crippen molar-refractivity contribution in [3.05, 3.63) is 0 Å². The molecule has 0 heterocycles. The maximum atomic E-state index is 13.7. The summed E-state index contributed by atoms with van der Waals surface area (Å²) in [5.41, 5.74) is 0. The lowest BCUT2D eigenvalue weighted by Gasteiger charge is -2.38. The van der Waals surface area contributed by atoms with Crippen LogP contribution in [0.1, 0.15) is 6.42 Å². The van der Waals surface area contributed by atoms with Crippen molar-refractivity contribution in [1.29, 1.82) is 0 Å². The molecule has 0 N–H and O–H groups in total. The molecule has 26 heavy (non-hydrogen) atoms. The van der Waals surface area contributed by atoms with Gasteiger partial charge in [0.1, 0.15) is 13.2 Å². The molecule has 1 saturated carbocycles. The Morgan fingerprint density at radius 2 is 1.15 bits per heavy atom. The summed E-state index contributed by atoms with van der Waals surface area (Å²) in [5, 5.41) is 0. The Morgan fingerprint density at radius 1 is 0.808 bits per heavy atom. The van der Waals surface area contributed by atoms with Crippen LogP contribution in [0.25, 0.3) is 0 Å². The highest BCUT2D eigenvalue weighted by molar-refractivity contribution is 5.11. The SMILES string of the molecule is FC(F)C(F)(F)COC1(OCC(F)(F)C(F)F)C(F)CC(F)(F)C1(F)F. The lowest BCUT2D eigenvalue weighted by atomic mass is 10.1. The van der Waals surface area contributed by atoms with Gasteiger partial charge in [0.15, 0.2) is 6.17 Å². The van der Waals surface area contributed by atoms with Crippen molar-refractivity contribution in [1.82, 2.24) is 0 Å². The molecule has 1 fully saturated rings. The molecule has 0 bridgehead atoms. The molecule has 156 valence electrons. The predicted molar refractivity (Wildman–Crippen MR) is 55.9 cm³/mol. The lowest BCUT2D eigenvalue weighted by Crippen LogP contribution is -2.60. The zero-order valence-corrected chi connectivity index (χ0v) is 12.1. The molecule has 0 saturated heterocycles. The van der Waals surface area contributed by atoms with Crippen LogP contribution in [0.15, 0.2) is 0 Å². The highest BCUT2D eigenvalue weighted by atomic mass is 19.3. The largest absolute Gasteiger partial charge is 0.365 e. The van der Waals surface area contributed by atoms with Gasteiger partial charge in [-0.3, -0.25) is 0 Å². The van der Waals surface area contributed by atoms with Crippen LogP contribution >= 0.6 is 0 Å². The molecule has 0 amide bonds. The van der Waals surface area contributed by atoms with Crippen LogP contribution in [0.4, 0.5) is 57.1 Å². The van der Waals surface area contributed by atoms with E-state index in [1.165, 1.54) is 0 Å². The van der Waals surface area contributed by atoms with E-state index >= 15 is 0 Å². The summed E-state index contributed by atoms with van der Waals surface area (Å²) in [6.45, 7) is -5.67. The van der Waals surface area contributed by atoms with Crippen molar-refractivity contribution in [2.75, 3.05) is 13.2 Å². The Bertz CT molecular complexity index is 468. The quantitative estimate of drug-likeness (QED) is 0.425. The van der Waals surface area contributed by atoms with Crippen LogP contribution in [-0.2, 0) is 9.47 Å². The standard InChI is InChI=1S/C11H9F13O2/c12-4-1-9(21,22)11(23,24)10(4,25-2-7(17,18)5(13)14)26-3-8(19,20)6(15)16/h4-6H,1-3H2. The summed E-state index contributed by atoms with van der Waals surface area (Å²) in [5.74, 6) is -26.8. The van der Waals surface area contributed by atoms with Crippen molar-refractivity contribution in [3.63, 3.8) is 0 Å². The molecule has 0 radical (unpaired) electrons. The molecule has 1 unspecified atom stereocenters. The summed E-state index contributed by atoms with van der Waals surface area (Å²) in [7, 11) is 0. The van der Waals surface area contributed by atoms with Gasteiger partial charge in [-0.15, -0.1) is 0 Å². The van der Waals surface area contributed by atoms with E-state index in [0.717, 1.165) is 0 Å². The van der Waals surface area contributed by atoms with E-state index in [-0.39, 0.29) is 0 Å². The number of halogens is 13. The summed E-state index contributed by atoms with van der Waals surface area (Å²) in [6, 6.07) is 0. The smallest absolute Gasteiger partial charge is 0.336 e. The molecule has 0 spiro atoms. The monoisotopic (exact) mass is 420 g/mol. The van der Waals surface area contributed by atoms with Gasteiger partial charge in [-0.1, -0.05) is 0 Å². The minimum absolute atomic E-state index is 2.49. The number of alkyl halides is 13. The Labute approximate surface area is 136 Å². The van der Waals surface area contributed by atoms with Gasteiger partial charge in [0.2, 0.25) is 0 Å². The molecule has 1 rings (SSSR count). The van der Waals surface area contributed by atoms with Gasteiger partial charge in [0.05, 0.1) is 6.42 Å². The normalized spacial score (nSPS) is 25.3. The van der Waals surface area contributed by atoms with Crippen molar-refractivity contribution >= 4 is 0 Å². The van der Waals surface area contributed by atoms with Gasteiger partial charge < -0.3 is 9.47 Å². The maximum Gasteiger partial charge on any atom is 0.365 e. The Hall–Kier alpha value is -0.990. The van der Waals surface area contributed by atoms with Crippen LogP contribution in [0.3, 0.4) is 0 Å². The average Bonchev–Trinajstić information content (AvgIpc) is 2.58. The predicted octanol–water partition coefficient (Wildman–Crippen LogP) is 4.53. The van der Waals surface area contributed by atoms with Gasteiger partial charge in [-0.05, 0) is 0 Å². The zero-order valence-electron chi connectivity index (χ0n) is 12.1. The fraction of sp³-hybridized carbons (Fsp3) is 1.00. The first-order valence-corrected chi connectivity index (χ1v) is 6.42. The van der Waals surface area contributed by atoms with E-state index in [9.17, 15) is 57.1 Å². The number of ether oxygens (including phenoxy) is 2. The second-order valence-electron chi connectivity index (χ2n) is 5.32. The zero-order chi connectivity index (χ0) is 20.8. The summed E-state index contributed by atoms with van der Waals surface area (Å²) < 4.78 is 174. The third kappa shape index (κ3) is 3.82. The van der Waals surface area contributed by atoms with Gasteiger partial charge in [-0.2, -0.15) is 35.1 Å². The first-order valence-electron chi connectivity index (χ1n) is 6.42. The Kier molecular flexibility index (Phi) is 6.09. The second kappa shape index (κ2) is 6.87. The average molecular weight is 420 g/mol. The molecule has 0 aromatic heterocycles. The fourth-order valence-corrected chi connectivity index (χ4v) is 1.88. The highest BCUT2D eigenvalue weighted by Gasteiger charge is 2.81. The van der Waals surface area contributed by atoms with Crippen molar-refractivity contribution < 1.29 is 66.5 Å². The Morgan fingerprint density at radius 3 is 1.38 bits per heavy atom. The first kappa shape index (κ1) is 23.0. The third-order valence-corrected chi connectivity index (χ3v) is 3.34. The van der Waals surface area contributed by atoms with Gasteiger partial charge in [0.25, 0.3) is 5.79 Å². The second-order valence-corrected chi connectivity index (χ2v) is 5.32. The molecule has 1 atom stereocenters. The summed E-state index contributed by atoms with van der Waals surface area (Å²) in [6.07, 6.45) is -15.4. The lowest BCUT2D eigenvalue weighted by molar-refractivity contribution is -0.392. The fourth-order valence-electron chi connectivity index (χ4n) is 1.88. The molecular weight excluding hydrogens is 411 g/mol. The topological polar surface area (TPSA) is 18.5 Å². The van der Waals surface area contributed by atoms with Crippen molar-refractivity contribution in [2.45, 2.75) is 54.9 Å². The van der Waals surface area contributed by atoms with E-state index in [1.54, 1.807) is 0 Å². The van der Waals surface area contributed by atoms with E-state index in [0.29, 0.717) is 0 Å². The minimum Gasteiger partial charge on any atom is -0.336 e. The molecular formula is C11H9F13O2. The molecule has 0 aromatic rings. The molecule has 1 aliphatic rings. The first-order chi connectivity index (χ1) is 11.4. The van der Waals surface area contributed by atoms with Crippen molar-refractivity contribution in [3.8, 4) is 0 Å². The summed E-state index contributed by atoms with van der Waals surface area (Å²) >= 11 is 0. The van der Waals surface area contributed by atoms with Crippen LogP contribution in [0.5, 0.6) is 0 Å². The highest BCUT2D eigenvalue weighted by Crippen LogP contribution is 2.57. The van der Waals surface area contributed by atoms with Gasteiger partial charge >= 0.3 is 36.5 Å². The van der Waals surface area contributed by atoms with Crippen LogP contribution in [0, 0.1) is 0 Å². The van der Waals surface area contributed by atoms with Crippen LogP contribution < -0.4 is 0 Å². The molecule has 0 aliphatic heterocycles. The molecule has 1 aliphatic carbocycles. The number of rotatable bonds is 8. The van der Waals surface area contributed by atoms with E-state index < -0.39 is 68.1 Å². The molecule has 0 aromatic carbocycles. The minimum atomic E-state index is -5.92.